The summed E-state index contributed by atoms with van der Waals surface area (Å²) in [6.45, 7) is 1.79. The molecule has 0 unspecified atom stereocenters. The van der Waals surface area contributed by atoms with Gasteiger partial charge in [0.2, 0.25) is 5.91 Å². The minimum absolute atomic E-state index is 0.147. The Bertz CT molecular complexity index is 802. The lowest BCUT2D eigenvalue weighted by Gasteiger charge is -2.37. The first kappa shape index (κ1) is 18.3. The zero-order valence-electron chi connectivity index (χ0n) is 15.2. The summed E-state index contributed by atoms with van der Waals surface area (Å²) in [6, 6.07) is 15.3. The quantitative estimate of drug-likeness (QED) is 0.872. The van der Waals surface area contributed by atoms with Crippen molar-refractivity contribution in [2.24, 2.45) is 11.8 Å². The van der Waals surface area contributed by atoms with Crippen LogP contribution in [0.1, 0.15) is 30.1 Å². The van der Waals surface area contributed by atoms with Gasteiger partial charge in [0.1, 0.15) is 12.4 Å². The molecule has 142 valence electrons. The van der Waals surface area contributed by atoms with Crippen molar-refractivity contribution >= 4 is 17.5 Å². The number of halogens is 1. The summed E-state index contributed by atoms with van der Waals surface area (Å²) in [5.41, 5.74) is 1.96. The molecule has 0 radical (unpaired) electrons. The van der Waals surface area contributed by atoms with Gasteiger partial charge in [-0.2, -0.15) is 0 Å². The minimum atomic E-state index is -0.463. The Balaban J connectivity index is 1.35. The second kappa shape index (κ2) is 7.91. The van der Waals surface area contributed by atoms with Gasteiger partial charge >= 0.3 is 0 Å². The van der Waals surface area contributed by atoms with E-state index in [9.17, 15) is 9.90 Å². The van der Waals surface area contributed by atoms with Gasteiger partial charge in [-0.25, -0.2) is 0 Å². The first-order valence-corrected chi connectivity index (χ1v) is 9.92. The molecule has 1 fully saturated rings. The molecule has 0 spiro atoms. The summed E-state index contributed by atoms with van der Waals surface area (Å²) < 4.78 is 5.77. The van der Waals surface area contributed by atoms with Crippen molar-refractivity contribution < 1.29 is 14.6 Å². The summed E-state index contributed by atoms with van der Waals surface area (Å²) in [6.07, 6.45) is 1.84. The molecule has 0 bridgehead atoms. The van der Waals surface area contributed by atoms with E-state index in [1.54, 1.807) is 0 Å². The maximum Gasteiger partial charge on any atom is 0.229 e. The zero-order chi connectivity index (χ0) is 18.8. The van der Waals surface area contributed by atoms with Crippen molar-refractivity contribution in [1.82, 2.24) is 4.90 Å². The molecule has 2 heterocycles. The maximum atomic E-state index is 12.9. The van der Waals surface area contributed by atoms with Crippen molar-refractivity contribution in [1.29, 1.82) is 0 Å². The number of aliphatic hydroxyl groups is 1. The van der Waals surface area contributed by atoms with E-state index in [4.69, 9.17) is 16.3 Å². The summed E-state index contributed by atoms with van der Waals surface area (Å²) in [4.78, 5) is 14.9. The van der Waals surface area contributed by atoms with Gasteiger partial charge in [0, 0.05) is 18.1 Å². The Morgan fingerprint density at radius 1 is 1.15 bits per heavy atom. The Morgan fingerprint density at radius 3 is 2.63 bits per heavy atom. The number of amides is 1. The molecule has 5 heteroatoms. The average Bonchev–Trinajstić information content (AvgIpc) is 2.73. The number of benzene rings is 2. The Hall–Kier alpha value is -2.04. The summed E-state index contributed by atoms with van der Waals surface area (Å²) in [7, 11) is 0. The molecule has 1 N–H and O–H groups in total. The van der Waals surface area contributed by atoms with Gasteiger partial charge in [0.05, 0.1) is 12.0 Å². The van der Waals surface area contributed by atoms with Crippen LogP contribution in [0.2, 0.25) is 5.02 Å². The molecule has 4 rings (SSSR count). The van der Waals surface area contributed by atoms with Crippen molar-refractivity contribution in [3.05, 3.63) is 64.7 Å². The van der Waals surface area contributed by atoms with Gasteiger partial charge in [0.25, 0.3) is 0 Å². The van der Waals surface area contributed by atoms with Crippen LogP contribution in [0.15, 0.2) is 48.5 Å². The number of aliphatic hydroxyl groups excluding tert-OH is 1. The topological polar surface area (TPSA) is 49.8 Å². The van der Waals surface area contributed by atoms with E-state index in [1.165, 1.54) is 0 Å². The monoisotopic (exact) mass is 385 g/mol. The fourth-order valence-corrected chi connectivity index (χ4v) is 4.33. The zero-order valence-corrected chi connectivity index (χ0v) is 15.9. The van der Waals surface area contributed by atoms with Crippen LogP contribution in [-0.2, 0) is 11.2 Å². The second-order valence-corrected chi connectivity index (χ2v) is 7.92. The lowest BCUT2D eigenvalue weighted by molar-refractivity contribution is -0.139. The molecule has 2 aliphatic rings. The van der Waals surface area contributed by atoms with Crippen molar-refractivity contribution in [2.75, 3.05) is 19.7 Å². The van der Waals surface area contributed by atoms with Gasteiger partial charge in [-0.05, 0) is 54.5 Å². The molecule has 2 atom stereocenters. The lowest BCUT2D eigenvalue weighted by Crippen LogP contribution is -2.45. The SMILES string of the molecule is O=C([C@H]1COc2ccc(Cl)cc2C1)N1CCC([C@@H](O)c2ccccc2)CC1. The van der Waals surface area contributed by atoms with Crippen molar-refractivity contribution in [3.8, 4) is 5.75 Å². The normalized spacial score (nSPS) is 21.3. The number of fused-ring (bicyclic) bond motifs is 1. The number of ether oxygens (including phenoxy) is 1. The molecule has 2 aromatic carbocycles. The molecule has 1 amide bonds. The van der Waals surface area contributed by atoms with Crippen molar-refractivity contribution in [3.63, 3.8) is 0 Å². The maximum absolute atomic E-state index is 12.9. The van der Waals surface area contributed by atoms with Crippen LogP contribution >= 0.6 is 11.6 Å². The molecule has 0 aliphatic carbocycles. The van der Waals surface area contributed by atoms with E-state index in [0.717, 1.165) is 29.7 Å². The highest BCUT2D eigenvalue weighted by atomic mass is 35.5. The number of piperidine rings is 1. The van der Waals surface area contributed by atoms with E-state index in [0.29, 0.717) is 31.1 Å². The third-order valence-corrected chi connectivity index (χ3v) is 5.95. The molecule has 0 saturated carbocycles. The van der Waals surface area contributed by atoms with Crippen LogP contribution in [-0.4, -0.2) is 35.6 Å². The number of nitrogens with zero attached hydrogens (tertiary/aromatic N) is 1. The summed E-state index contributed by atoms with van der Waals surface area (Å²) in [5.74, 6) is 1.01. The fraction of sp³-hybridized carbons (Fsp3) is 0.409. The largest absolute Gasteiger partial charge is 0.492 e. The first-order valence-electron chi connectivity index (χ1n) is 9.55. The molecule has 1 saturated heterocycles. The van der Waals surface area contributed by atoms with Gasteiger partial charge in [-0.15, -0.1) is 0 Å². The van der Waals surface area contributed by atoms with Crippen LogP contribution < -0.4 is 4.74 Å². The summed E-state index contributed by atoms with van der Waals surface area (Å²) in [5, 5.41) is 11.3. The highest BCUT2D eigenvalue weighted by Crippen LogP contribution is 2.33. The number of hydrogen-bond donors (Lipinski definition) is 1. The van der Waals surface area contributed by atoms with Gasteiger partial charge < -0.3 is 14.7 Å². The number of hydrogen-bond acceptors (Lipinski definition) is 3. The highest BCUT2D eigenvalue weighted by molar-refractivity contribution is 6.30. The average molecular weight is 386 g/mol. The van der Waals surface area contributed by atoms with E-state index in [2.05, 4.69) is 0 Å². The smallest absolute Gasteiger partial charge is 0.229 e. The Labute approximate surface area is 164 Å². The minimum Gasteiger partial charge on any atom is -0.492 e. The first-order chi connectivity index (χ1) is 13.1. The molecule has 2 aromatic rings. The van der Waals surface area contributed by atoms with Gasteiger partial charge in [-0.3, -0.25) is 4.79 Å². The fourth-order valence-electron chi connectivity index (χ4n) is 4.14. The van der Waals surface area contributed by atoms with E-state index in [1.807, 2.05) is 53.4 Å². The van der Waals surface area contributed by atoms with Gasteiger partial charge in [0.15, 0.2) is 0 Å². The number of rotatable bonds is 3. The third kappa shape index (κ3) is 3.97. The predicted molar refractivity (Wildman–Crippen MR) is 105 cm³/mol. The Morgan fingerprint density at radius 2 is 1.89 bits per heavy atom. The number of likely N-dealkylation sites (tertiary alicyclic amines) is 1. The molecular weight excluding hydrogens is 362 g/mol. The molecule has 4 nitrogen and oxygen atoms in total. The van der Waals surface area contributed by atoms with Crippen LogP contribution in [0.5, 0.6) is 5.75 Å². The number of carbonyl (C=O) groups is 1. The Kier molecular flexibility index (Phi) is 5.37. The van der Waals surface area contributed by atoms with E-state index < -0.39 is 6.10 Å². The van der Waals surface area contributed by atoms with Gasteiger partial charge in [-0.1, -0.05) is 41.9 Å². The van der Waals surface area contributed by atoms with Crippen LogP contribution in [0.3, 0.4) is 0 Å². The predicted octanol–water partition coefficient (Wildman–Crippen LogP) is 3.86. The lowest BCUT2D eigenvalue weighted by atomic mass is 9.86. The summed E-state index contributed by atoms with van der Waals surface area (Å²) >= 11 is 6.07. The molecule has 0 aromatic heterocycles. The third-order valence-electron chi connectivity index (χ3n) is 5.72. The highest BCUT2D eigenvalue weighted by Gasteiger charge is 2.33. The molecule has 2 aliphatic heterocycles. The van der Waals surface area contributed by atoms with Crippen LogP contribution in [0.25, 0.3) is 0 Å². The number of carbonyl (C=O) groups excluding carboxylic acids is 1. The van der Waals surface area contributed by atoms with Crippen molar-refractivity contribution in [2.45, 2.75) is 25.4 Å². The van der Waals surface area contributed by atoms with E-state index >= 15 is 0 Å². The standard InChI is InChI=1S/C22H24ClNO3/c23-19-6-7-20-17(13-19)12-18(14-27-20)22(26)24-10-8-16(9-11-24)21(25)15-4-2-1-3-5-15/h1-7,13,16,18,21,25H,8-12,14H2/t18-,21+/m1/s1. The van der Waals surface area contributed by atoms with Crippen LogP contribution in [0.4, 0.5) is 0 Å². The van der Waals surface area contributed by atoms with Crippen LogP contribution in [0, 0.1) is 11.8 Å². The second-order valence-electron chi connectivity index (χ2n) is 7.48. The molecular formula is C22H24ClNO3. The molecule has 27 heavy (non-hydrogen) atoms. The van der Waals surface area contributed by atoms with E-state index in [-0.39, 0.29) is 17.7 Å².